The number of aliphatic hydroxyl groups excluding tert-OH is 1. The second kappa shape index (κ2) is 7.45. The summed E-state index contributed by atoms with van der Waals surface area (Å²) in [7, 11) is -3.75. The molecule has 0 unspecified atom stereocenters. The zero-order valence-electron chi connectivity index (χ0n) is 12.6. The van der Waals surface area contributed by atoms with Crippen LogP contribution in [0.25, 0.3) is 0 Å². The van der Waals surface area contributed by atoms with Crippen LogP contribution in [0.4, 0.5) is 5.69 Å². The molecular weight excluding hydrogens is 312 g/mol. The molecule has 1 aromatic rings. The zero-order valence-corrected chi connectivity index (χ0v) is 14.2. The molecule has 0 spiro atoms. The van der Waals surface area contributed by atoms with Gasteiger partial charge >= 0.3 is 0 Å². The molecule has 5 nitrogen and oxygen atoms in total. The number of nitrogens with two attached hydrogens (primary N) is 1. The fraction of sp³-hybridized carbons (Fsp3) is 0.571. The summed E-state index contributed by atoms with van der Waals surface area (Å²) < 4.78 is 27.2. The maximum absolute atomic E-state index is 12.9. The average molecular weight is 335 g/mol. The topological polar surface area (TPSA) is 83.6 Å². The van der Waals surface area contributed by atoms with Gasteiger partial charge in [0.1, 0.15) is 0 Å². The Kier molecular flexibility index (Phi) is 6.46. The Morgan fingerprint density at radius 3 is 2.38 bits per heavy atom. The van der Waals surface area contributed by atoms with Crippen LogP contribution in [0.2, 0.25) is 5.02 Å². The molecular formula is C14H23ClN2O3S. The summed E-state index contributed by atoms with van der Waals surface area (Å²) in [6.07, 6.45) is 1.34. The van der Waals surface area contributed by atoms with E-state index in [0.717, 1.165) is 0 Å². The van der Waals surface area contributed by atoms with Crippen LogP contribution in [0.5, 0.6) is 0 Å². The van der Waals surface area contributed by atoms with Crippen molar-refractivity contribution >= 4 is 27.3 Å². The maximum atomic E-state index is 12.9. The SMILES string of the molecule is CCC(CC)N(CCO)S(=O)(=O)c1cc(Cl)cc(N)c1C. The maximum Gasteiger partial charge on any atom is 0.243 e. The summed E-state index contributed by atoms with van der Waals surface area (Å²) in [5.41, 5.74) is 6.64. The molecule has 1 rings (SSSR count). The van der Waals surface area contributed by atoms with Crippen LogP contribution in [0.3, 0.4) is 0 Å². The van der Waals surface area contributed by atoms with Crippen molar-refractivity contribution in [2.45, 2.75) is 44.6 Å². The number of nitrogen functional groups attached to an aromatic ring is 1. The molecule has 0 aromatic heterocycles. The van der Waals surface area contributed by atoms with E-state index in [4.69, 9.17) is 17.3 Å². The van der Waals surface area contributed by atoms with E-state index in [-0.39, 0.29) is 29.1 Å². The minimum atomic E-state index is -3.75. The summed E-state index contributed by atoms with van der Waals surface area (Å²) in [5.74, 6) is 0. The van der Waals surface area contributed by atoms with E-state index in [1.807, 2.05) is 13.8 Å². The minimum absolute atomic E-state index is 0.0561. The Morgan fingerprint density at radius 2 is 1.90 bits per heavy atom. The number of nitrogens with zero attached hydrogens (tertiary/aromatic N) is 1. The van der Waals surface area contributed by atoms with Crippen molar-refractivity contribution < 1.29 is 13.5 Å². The standard InChI is InChI=1S/C14H23ClN2O3S/c1-4-12(5-2)17(6-7-18)21(19,20)14-9-11(15)8-13(16)10(14)3/h8-9,12,18H,4-7,16H2,1-3H3. The normalized spacial score (nSPS) is 12.3. The molecule has 21 heavy (non-hydrogen) atoms. The van der Waals surface area contributed by atoms with E-state index in [0.29, 0.717) is 24.1 Å². The number of anilines is 1. The van der Waals surface area contributed by atoms with Crippen molar-refractivity contribution in [3.05, 3.63) is 22.7 Å². The van der Waals surface area contributed by atoms with Gasteiger partial charge in [-0.3, -0.25) is 0 Å². The van der Waals surface area contributed by atoms with Gasteiger partial charge in [-0.2, -0.15) is 4.31 Å². The van der Waals surface area contributed by atoms with Gasteiger partial charge in [-0.25, -0.2) is 8.42 Å². The molecule has 0 bridgehead atoms. The first-order chi connectivity index (χ1) is 9.79. The smallest absolute Gasteiger partial charge is 0.243 e. The highest BCUT2D eigenvalue weighted by molar-refractivity contribution is 7.89. The highest BCUT2D eigenvalue weighted by Crippen LogP contribution is 2.30. The predicted molar refractivity (Wildman–Crippen MR) is 85.9 cm³/mol. The van der Waals surface area contributed by atoms with Crippen LogP contribution >= 0.6 is 11.6 Å². The van der Waals surface area contributed by atoms with E-state index in [2.05, 4.69) is 0 Å². The van der Waals surface area contributed by atoms with Crippen LogP contribution in [0.1, 0.15) is 32.3 Å². The van der Waals surface area contributed by atoms with Crippen LogP contribution < -0.4 is 5.73 Å². The number of aliphatic hydroxyl groups is 1. The van der Waals surface area contributed by atoms with E-state index in [1.165, 1.54) is 16.4 Å². The van der Waals surface area contributed by atoms with Gasteiger partial charge in [0.15, 0.2) is 0 Å². The fourth-order valence-corrected chi connectivity index (χ4v) is 4.70. The summed E-state index contributed by atoms with van der Waals surface area (Å²) in [6, 6.07) is 2.78. The number of sulfonamides is 1. The van der Waals surface area contributed by atoms with Crippen molar-refractivity contribution in [2.75, 3.05) is 18.9 Å². The number of hydrogen-bond donors (Lipinski definition) is 2. The second-order valence-corrected chi connectivity index (χ2v) is 7.22. The second-order valence-electron chi connectivity index (χ2n) is 4.93. The molecule has 0 aliphatic carbocycles. The molecule has 0 aliphatic heterocycles. The van der Waals surface area contributed by atoms with E-state index in [1.54, 1.807) is 6.92 Å². The first-order valence-electron chi connectivity index (χ1n) is 6.97. The van der Waals surface area contributed by atoms with E-state index in [9.17, 15) is 13.5 Å². The third-order valence-corrected chi connectivity index (χ3v) is 5.92. The van der Waals surface area contributed by atoms with Crippen LogP contribution in [-0.2, 0) is 10.0 Å². The molecule has 0 amide bonds. The van der Waals surface area contributed by atoms with Crippen molar-refractivity contribution in [1.82, 2.24) is 4.31 Å². The fourth-order valence-electron chi connectivity index (χ4n) is 2.36. The van der Waals surface area contributed by atoms with Crippen molar-refractivity contribution in [3.8, 4) is 0 Å². The Hall–Kier alpha value is -0.820. The van der Waals surface area contributed by atoms with Gasteiger partial charge in [0.2, 0.25) is 10.0 Å². The summed E-state index contributed by atoms with van der Waals surface area (Å²) in [5, 5.41) is 9.49. The summed E-state index contributed by atoms with van der Waals surface area (Å²) in [4.78, 5) is 0.104. The van der Waals surface area contributed by atoms with Gasteiger partial charge in [0.25, 0.3) is 0 Å². The van der Waals surface area contributed by atoms with E-state index < -0.39 is 10.0 Å². The van der Waals surface area contributed by atoms with Crippen LogP contribution in [0, 0.1) is 6.92 Å². The monoisotopic (exact) mass is 334 g/mol. The van der Waals surface area contributed by atoms with Crippen molar-refractivity contribution in [2.24, 2.45) is 0 Å². The third-order valence-electron chi connectivity index (χ3n) is 3.62. The lowest BCUT2D eigenvalue weighted by Crippen LogP contribution is -2.41. The number of rotatable bonds is 7. The minimum Gasteiger partial charge on any atom is -0.398 e. The van der Waals surface area contributed by atoms with Crippen molar-refractivity contribution in [1.29, 1.82) is 0 Å². The highest BCUT2D eigenvalue weighted by atomic mass is 35.5. The van der Waals surface area contributed by atoms with Crippen LogP contribution in [-0.4, -0.2) is 37.0 Å². The van der Waals surface area contributed by atoms with E-state index >= 15 is 0 Å². The van der Waals surface area contributed by atoms with Gasteiger partial charge in [0, 0.05) is 23.3 Å². The summed E-state index contributed by atoms with van der Waals surface area (Å²) in [6.45, 7) is 5.33. The molecule has 0 fully saturated rings. The molecule has 0 saturated carbocycles. The Morgan fingerprint density at radius 1 is 1.33 bits per heavy atom. The van der Waals surface area contributed by atoms with Gasteiger partial charge in [0.05, 0.1) is 11.5 Å². The van der Waals surface area contributed by atoms with Crippen LogP contribution in [0.15, 0.2) is 17.0 Å². The third kappa shape index (κ3) is 3.88. The predicted octanol–water partition coefficient (Wildman–Crippen LogP) is 2.40. The van der Waals surface area contributed by atoms with Gasteiger partial charge in [-0.05, 0) is 37.5 Å². The molecule has 0 aliphatic rings. The Bertz CT molecular complexity index is 586. The Labute approximate surface area is 131 Å². The Balaban J connectivity index is 3.42. The number of hydrogen-bond acceptors (Lipinski definition) is 4. The molecule has 120 valence electrons. The zero-order chi connectivity index (χ0) is 16.2. The summed E-state index contributed by atoms with van der Waals surface area (Å²) >= 11 is 5.94. The molecule has 0 atom stereocenters. The largest absolute Gasteiger partial charge is 0.398 e. The number of benzene rings is 1. The van der Waals surface area contributed by atoms with Gasteiger partial charge in [-0.15, -0.1) is 0 Å². The van der Waals surface area contributed by atoms with Gasteiger partial charge < -0.3 is 10.8 Å². The molecule has 0 heterocycles. The lowest BCUT2D eigenvalue weighted by molar-refractivity contribution is 0.219. The molecule has 7 heteroatoms. The quantitative estimate of drug-likeness (QED) is 0.750. The lowest BCUT2D eigenvalue weighted by Gasteiger charge is -2.29. The average Bonchev–Trinajstić information content (AvgIpc) is 2.42. The first-order valence-corrected chi connectivity index (χ1v) is 8.79. The molecule has 0 saturated heterocycles. The molecule has 0 radical (unpaired) electrons. The molecule has 3 N–H and O–H groups in total. The number of halogens is 1. The first kappa shape index (κ1) is 18.2. The molecule has 1 aromatic carbocycles. The highest BCUT2D eigenvalue weighted by Gasteiger charge is 2.31. The van der Waals surface area contributed by atoms with Crippen molar-refractivity contribution in [3.63, 3.8) is 0 Å². The lowest BCUT2D eigenvalue weighted by atomic mass is 10.2. The van der Waals surface area contributed by atoms with Gasteiger partial charge in [-0.1, -0.05) is 25.4 Å².